The molecular formula is C18H24NO2+. The molecule has 0 aliphatic carbocycles. The van der Waals surface area contributed by atoms with Crippen molar-refractivity contribution in [2.45, 2.75) is 33.7 Å². The predicted octanol–water partition coefficient (Wildman–Crippen LogP) is 2.16. The van der Waals surface area contributed by atoms with Gasteiger partial charge in [0.25, 0.3) is 0 Å². The van der Waals surface area contributed by atoms with Gasteiger partial charge in [0.05, 0.1) is 13.1 Å². The van der Waals surface area contributed by atoms with E-state index in [2.05, 4.69) is 26.0 Å². The summed E-state index contributed by atoms with van der Waals surface area (Å²) in [6, 6.07) is 7.80. The van der Waals surface area contributed by atoms with E-state index in [9.17, 15) is 4.79 Å². The molecule has 2 heterocycles. The highest BCUT2D eigenvalue weighted by Gasteiger charge is 2.25. The molecule has 3 heteroatoms. The van der Waals surface area contributed by atoms with Gasteiger partial charge in [0.15, 0.2) is 0 Å². The summed E-state index contributed by atoms with van der Waals surface area (Å²) in [7, 11) is 0. The Balaban J connectivity index is 1.95. The second-order valence-corrected chi connectivity index (χ2v) is 6.87. The van der Waals surface area contributed by atoms with Crippen LogP contribution >= 0.6 is 0 Å². The van der Waals surface area contributed by atoms with E-state index in [1.807, 2.05) is 13.0 Å². The molecule has 0 radical (unpaired) electrons. The largest absolute Gasteiger partial charge is 0.423 e. The van der Waals surface area contributed by atoms with Gasteiger partial charge in [0.1, 0.15) is 12.1 Å². The topological polar surface area (TPSA) is 34.7 Å². The molecular weight excluding hydrogens is 262 g/mol. The number of aryl methyl sites for hydroxylation is 1. The number of fused-ring (bicyclic) bond motifs is 1. The average molecular weight is 286 g/mol. The molecule has 1 aliphatic heterocycles. The average Bonchev–Trinajstić information content (AvgIpc) is 2.36. The molecule has 1 N–H and O–H groups in total. The molecule has 112 valence electrons. The van der Waals surface area contributed by atoms with Crippen LogP contribution in [-0.2, 0) is 6.54 Å². The minimum Gasteiger partial charge on any atom is -0.423 e. The molecule has 0 amide bonds. The van der Waals surface area contributed by atoms with Crippen LogP contribution in [0.3, 0.4) is 0 Å². The van der Waals surface area contributed by atoms with Gasteiger partial charge in [-0.1, -0.05) is 26.0 Å². The van der Waals surface area contributed by atoms with Crippen LogP contribution in [0.25, 0.3) is 11.0 Å². The zero-order valence-electron chi connectivity index (χ0n) is 13.1. The molecule has 21 heavy (non-hydrogen) atoms. The van der Waals surface area contributed by atoms with E-state index in [-0.39, 0.29) is 5.63 Å². The second kappa shape index (κ2) is 5.64. The Kier molecular flexibility index (Phi) is 3.85. The Morgan fingerprint density at radius 3 is 2.62 bits per heavy atom. The summed E-state index contributed by atoms with van der Waals surface area (Å²) in [5.74, 6) is 1.52. The molecule has 1 saturated heterocycles. The molecule has 3 nitrogen and oxygen atoms in total. The van der Waals surface area contributed by atoms with Crippen molar-refractivity contribution in [1.29, 1.82) is 0 Å². The smallest absolute Gasteiger partial charge is 0.336 e. The number of rotatable bonds is 2. The number of piperidine rings is 1. The van der Waals surface area contributed by atoms with E-state index in [0.717, 1.165) is 40.5 Å². The fourth-order valence-corrected chi connectivity index (χ4v) is 3.82. The third-order valence-corrected chi connectivity index (χ3v) is 4.51. The summed E-state index contributed by atoms with van der Waals surface area (Å²) in [5, 5.41) is 1.08. The van der Waals surface area contributed by atoms with Gasteiger partial charge in [-0.3, -0.25) is 0 Å². The molecule has 0 bridgehead atoms. The highest BCUT2D eigenvalue weighted by Crippen LogP contribution is 2.19. The molecule has 1 aromatic heterocycles. The van der Waals surface area contributed by atoms with Crippen molar-refractivity contribution in [2.75, 3.05) is 13.1 Å². The van der Waals surface area contributed by atoms with Crippen molar-refractivity contribution in [3.05, 3.63) is 45.8 Å². The molecule has 1 aliphatic rings. The number of hydrogen-bond donors (Lipinski definition) is 1. The summed E-state index contributed by atoms with van der Waals surface area (Å²) >= 11 is 0. The van der Waals surface area contributed by atoms with Crippen molar-refractivity contribution in [2.24, 2.45) is 11.8 Å². The summed E-state index contributed by atoms with van der Waals surface area (Å²) < 4.78 is 5.35. The van der Waals surface area contributed by atoms with Crippen LogP contribution in [-0.4, -0.2) is 13.1 Å². The monoisotopic (exact) mass is 286 g/mol. The Morgan fingerprint density at radius 1 is 1.19 bits per heavy atom. The predicted molar refractivity (Wildman–Crippen MR) is 84.6 cm³/mol. The van der Waals surface area contributed by atoms with Crippen molar-refractivity contribution < 1.29 is 9.32 Å². The van der Waals surface area contributed by atoms with Gasteiger partial charge in [0.2, 0.25) is 0 Å². The number of hydrogen-bond acceptors (Lipinski definition) is 2. The van der Waals surface area contributed by atoms with E-state index >= 15 is 0 Å². The molecule has 1 fully saturated rings. The number of benzene rings is 1. The van der Waals surface area contributed by atoms with Crippen molar-refractivity contribution >= 4 is 11.0 Å². The Morgan fingerprint density at radius 2 is 1.90 bits per heavy atom. The summed E-state index contributed by atoms with van der Waals surface area (Å²) in [5.41, 5.74) is 2.73. The number of quaternary nitrogens is 1. The van der Waals surface area contributed by atoms with Gasteiger partial charge in [-0.05, 0) is 25.0 Å². The van der Waals surface area contributed by atoms with E-state index in [1.54, 1.807) is 11.0 Å². The van der Waals surface area contributed by atoms with Crippen LogP contribution in [0.2, 0.25) is 0 Å². The Hall–Kier alpha value is -1.61. The van der Waals surface area contributed by atoms with Crippen LogP contribution in [0.1, 0.15) is 31.4 Å². The first-order valence-electron chi connectivity index (χ1n) is 7.88. The standard InChI is InChI=1S/C18H23NO2/c1-12-4-5-16-15(8-18(20)21-17(16)7-12)11-19-9-13(2)6-14(3)10-19/h4-5,7-8,13-14H,6,9-11H2,1-3H3/p+1/t13-,14-/m0/s1. The van der Waals surface area contributed by atoms with Gasteiger partial charge in [-0.15, -0.1) is 0 Å². The molecule has 1 aromatic carbocycles. The lowest BCUT2D eigenvalue weighted by atomic mass is 9.91. The van der Waals surface area contributed by atoms with E-state index in [1.165, 1.54) is 19.5 Å². The van der Waals surface area contributed by atoms with Gasteiger partial charge in [-0.25, -0.2) is 4.79 Å². The van der Waals surface area contributed by atoms with Gasteiger partial charge >= 0.3 is 5.63 Å². The highest BCUT2D eigenvalue weighted by molar-refractivity contribution is 5.80. The maximum absolute atomic E-state index is 11.8. The third-order valence-electron chi connectivity index (χ3n) is 4.51. The fraction of sp³-hybridized carbons (Fsp3) is 0.500. The Labute approximate surface area is 125 Å². The molecule has 0 saturated carbocycles. The maximum atomic E-state index is 11.8. The van der Waals surface area contributed by atoms with Crippen LogP contribution in [0.15, 0.2) is 33.5 Å². The molecule has 0 spiro atoms. The normalized spacial score (nSPS) is 26.1. The van der Waals surface area contributed by atoms with E-state index in [4.69, 9.17) is 4.42 Å². The van der Waals surface area contributed by atoms with Crippen LogP contribution < -0.4 is 10.5 Å². The minimum atomic E-state index is -0.236. The van der Waals surface area contributed by atoms with E-state index in [0.29, 0.717) is 0 Å². The van der Waals surface area contributed by atoms with Crippen LogP contribution in [0.4, 0.5) is 0 Å². The second-order valence-electron chi connectivity index (χ2n) is 6.87. The lowest BCUT2D eigenvalue weighted by molar-refractivity contribution is -0.925. The lowest BCUT2D eigenvalue weighted by Crippen LogP contribution is -3.13. The first kappa shape index (κ1) is 14.3. The van der Waals surface area contributed by atoms with Crippen molar-refractivity contribution in [3.63, 3.8) is 0 Å². The summed E-state index contributed by atoms with van der Waals surface area (Å²) in [4.78, 5) is 13.4. The number of nitrogens with one attached hydrogen (secondary N) is 1. The summed E-state index contributed by atoms with van der Waals surface area (Å²) in [6.07, 6.45) is 1.32. The van der Waals surface area contributed by atoms with Crippen LogP contribution in [0.5, 0.6) is 0 Å². The SMILES string of the molecule is Cc1ccc2c(C[NH+]3C[C@@H](C)C[C@H](C)C3)cc(=O)oc2c1. The third kappa shape index (κ3) is 3.18. The van der Waals surface area contributed by atoms with Gasteiger partial charge in [-0.2, -0.15) is 0 Å². The molecule has 0 unspecified atom stereocenters. The first-order valence-corrected chi connectivity index (χ1v) is 7.88. The fourth-order valence-electron chi connectivity index (χ4n) is 3.82. The zero-order valence-corrected chi connectivity index (χ0v) is 13.1. The molecule has 2 aromatic rings. The van der Waals surface area contributed by atoms with Crippen LogP contribution in [0, 0.1) is 18.8 Å². The quantitative estimate of drug-likeness (QED) is 0.859. The lowest BCUT2D eigenvalue weighted by Gasteiger charge is -2.32. The van der Waals surface area contributed by atoms with Crippen molar-refractivity contribution in [3.8, 4) is 0 Å². The Bertz CT molecular complexity index is 694. The van der Waals surface area contributed by atoms with Crippen molar-refractivity contribution in [1.82, 2.24) is 0 Å². The maximum Gasteiger partial charge on any atom is 0.336 e. The minimum absolute atomic E-state index is 0.236. The molecule has 3 rings (SSSR count). The molecule has 2 atom stereocenters. The number of likely N-dealkylation sites (tertiary alicyclic amines) is 1. The summed E-state index contributed by atoms with van der Waals surface area (Å²) in [6.45, 7) is 9.98. The highest BCUT2D eigenvalue weighted by atomic mass is 16.4. The van der Waals surface area contributed by atoms with Gasteiger partial charge in [0, 0.05) is 28.9 Å². The first-order chi connectivity index (χ1) is 10.0. The van der Waals surface area contributed by atoms with E-state index < -0.39 is 0 Å². The van der Waals surface area contributed by atoms with Gasteiger partial charge < -0.3 is 9.32 Å². The zero-order chi connectivity index (χ0) is 15.0.